The van der Waals surface area contributed by atoms with Gasteiger partial charge in [-0.15, -0.1) is 0 Å². The smallest absolute Gasteiger partial charge is 0.303 e. The van der Waals surface area contributed by atoms with Crippen LogP contribution in [0.15, 0.2) is 66.7 Å². The van der Waals surface area contributed by atoms with Crippen molar-refractivity contribution in [3.05, 3.63) is 77.9 Å². The van der Waals surface area contributed by atoms with Crippen molar-refractivity contribution in [1.82, 2.24) is 9.80 Å². The summed E-state index contributed by atoms with van der Waals surface area (Å²) >= 11 is 0. The summed E-state index contributed by atoms with van der Waals surface area (Å²) < 4.78 is 0. The lowest BCUT2D eigenvalue weighted by Gasteiger charge is -2.45. The number of hydrogen-bond acceptors (Lipinski definition) is 4. The van der Waals surface area contributed by atoms with E-state index in [4.69, 9.17) is 10.8 Å². The van der Waals surface area contributed by atoms with Crippen LogP contribution in [0.3, 0.4) is 0 Å². The Bertz CT molecular complexity index is 1110. The Morgan fingerprint density at radius 3 is 2.10 bits per heavy atom. The number of aliphatic carboxylic acids is 1. The van der Waals surface area contributed by atoms with E-state index in [0.717, 1.165) is 38.5 Å². The van der Waals surface area contributed by atoms with Crippen molar-refractivity contribution < 1.29 is 19.5 Å². The minimum Gasteiger partial charge on any atom is -0.481 e. The van der Waals surface area contributed by atoms with Gasteiger partial charge in [0, 0.05) is 37.4 Å². The Kier molecular flexibility index (Phi) is 11.3. The molecular formula is C32H43N3O4. The third-order valence-electron chi connectivity index (χ3n) is 8.13. The van der Waals surface area contributed by atoms with Crippen LogP contribution in [0.2, 0.25) is 0 Å². The fourth-order valence-electron chi connectivity index (χ4n) is 5.56. The maximum absolute atomic E-state index is 11.9. The van der Waals surface area contributed by atoms with E-state index in [-0.39, 0.29) is 29.7 Å². The van der Waals surface area contributed by atoms with Gasteiger partial charge in [0.1, 0.15) is 0 Å². The number of carboxylic acids is 1. The molecule has 7 heteroatoms. The van der Waals surface area contributed by atoms with Crippen molar-refractivity contribution in [2.75, 3.05) is 27.2 Å². The van der Waals surface area contributed by atoms with E-state index in [9.17, 15) is 14.4 Å². The zero-order valence-electron chi connectivity index (χ0n) is 23.4. The van der Waals surface area contributed by atoms with Gasteiger partial charge in [0.05, 0.1) is 0 Å². The molecule has 3 N–H and O–H groups in total. The molecule has 0 atom stereocenters. The molecule has 0 saturated heterocycles. The van der Waals surface area contributed by atoms with Crippen molar-refractivity contribution in [1.29, 1.82) is 0 Å². The average Bonchev–Trinajstić information content (AvgIpc) is 2.94. The first-order valence-corrected chi connectivity index (χ1v) is 13.9. The first-order chi connectivity index (χ1) is 18.7. The summed E-state index contributed by atoms with van der Waals surface area (Å²) in [6.07, 6.45) is 8.71. The zero-order chi connectivity index (χ0) is 28.3. The number of amides is 2. The van der Waals surface area contributed by atoms with Gasteiger partial charge in [-0.05, 0) is 75.7 Å². The molecule has 7 nitrogen and oxygen atoms in total. The summed E-state index contributed by atoms with van der Waals surface area (Å²) in [4.78, 5) is 37.8. The van der Waals surface area contributed by atoms with Crippen molar-refractivity contribution in [3.63, 3.8) is 0 Å². The molecule has 1 saturated carbocycles. The average molecular weight is 534 g/mol. The summed E-state index contributed by atoms with van der Waals surface area (Å²) in [6.45, 7) is 1.34. The van der Waals surface area contributed by atoms with E-state index in [1.165, 1.54) is 16.7 Å². The van der Waals surface area contributed by atoms with E-state index in [1.807, 2.05) is 18.2 Å². The molecular weight excluding hydrogens is 490 g/mol. The summed E-state index contributed by atoms with van der Waals surface area (Å²) in [6, 6.07) is 20.8. The number of rotatable bonds is 9. The van der Waals surface area contributed by atoms with Crippen molar-refractivity contribution in [2.24, 2.45) is 11.7 Å². The third-order valence-corrected chi connectivity index (χ3v) is 8.13. The minimum atomic E-state index is -0.845. The van der Waals surface area contributed by atoms with Gasteiger partial charge in [0.25, 0.3) is 0 Å². The zero-order valence-corrected chi connectivity index (χ0v) is 23.4. The summed E-state index contributed by atoms with van der Waals surface area (Å²) in [7, 11) is 4.29. The van der Waals surface area contributed by atoms with Gasteiger partial charge in [-0.2, -0.15) is 0 Å². The Labute approximate surface area is 232 Å². The lowest BCUT2D eigenvalue weighted by atomic mass is 9.72. The maximum atomic E-state index is 11.9. The lowest BCUT2D eigenvalue weighted by molar-refractivity contribution is -0.137. The van der Waals surface area contributed by atoms with E-state index < -0.39 is 5.97 Å². The van der Waals surface area contributed by atoms with Gasteiger partial charge in [-0.25, -0.2) is 0 Å². The molecule has 0 bridgehead atoms. The largest absolute Gasteiger partial charge is 0.481 e. The highest BCUT2D eigenvalue weighted by atomic mass is 16.4. The summed E-state index contributed by atoms with van der Waals surface area (Å²) in [5.41, 5.74) is 9.47. The number of nitrogens with two attached hydrogens (primary N) is 1. The van der Waals surface area contributed by atoms with Crippen LogP contribution in [0.4, 0.5) is 0 Å². The summed E-state index contributed by atoms with van der Waals surface area (Å²) in [5, 5.41) is 8.56. The van der Waals surface area contributed by atoms with Crippen LogP contribution in [0, 0.1) is 5.92 Å². The first-order valence-electron chi connectivity index (χ1n) is 13.9. The van der Waals surface area contributed by atoms with Gasteiger partial charge >= 0.3 is 5.97 Å². The number of carbonyl (C=O) groups excluding carboxylic acids is 2. The van der Waals surface area contributed by atoms with Crippen LogP contribution in [-0.4, -0.2) is 65.4 Å². The van der Waals surface area contributed by atoms with Crippen LogP contribution in [0.5, 0.6) is 0 Å². The van der Waals surface area contributed by atoms with Gasteiger partial charge in [-0.3, -0.25) is 14.4 Å². The number of benzene rings is 2. The van der Waals surface area contributed by atoms with Gasteiger partial charge < -0.3 is 20.6 Å². The molecule has 1 heterocycles. The monoisotopic (exact) mass is 533 g/mol. The number of nitrogens with zero attached hydrogens (tertiary/aromatic N) is 2. The summed E-state index contributed by atoms with van der Waals surface area (Å²) in [5.74, 6) is -0.853. The second-order valence-corrected chi connectivity index (χ2v) is 10.9. The van der Waals surface area contributed by atoms with Crippen LogP contribution in [0.25, 0.3) is 5.57 Å². The molecule has 1 aliphatic heterocycles. The third kappa shape index (κ3) is 9.06. The Balaban J connectivity index is 0.000000216. The van der Waals surface area contributed by atoms with E-state index >= 15 is 0 Å². The Morgan fingerprint density at radius 1 is 0.974 bits per heavy atom. The van der Waals surface area contributed by atoms with E-state index in [1.54, 1.807) is 4.90 Å². The Hall–Kier alpha value is -3.45. The predicted molar refractivity (Wildman–Crippen MR) is 155 cm³/mol. The van der Waals surface area contributed by atoms with Gasteiger partial charge in [0.15, 0.2) is 0 Å². The number of carboxylic acid groups (broad SMARTS) is 1. The number of likely N-dealkylation sites (N-methyl/N-ethyl adjacent to an activating group) is 1. The van der Waals surface area contributed by atoms with Gasteiger partial charge in [0.2, 0.25) is 11.8 Å². The van der Waals surface area contributed by atoms with E-state index in [0.29, 0.717) is 25.9 Å². The molecule has 0 radical (unpaired) electrons. The highest BCUT2D eigenvalue weighted by Gasteiger charge is 2.38. The normalized spacial score (nSPS) is 20.9. The molecule has 2 amide bonds. The second kappa shape index (κ2) is 14.6. The SMILES string of the molecule is CN(C)C1(Cc2ccccc2)CCC(C(N)=O)CC1.O=C(O)CCCC(=O)N1CC=C(c2ccccc2)CC1. The van der Waals surface area contributed by atoms with Crippen LogP contribution < -0.4 is 5.73 Å². The van der Waals surface area contributed by atoms with Crippen molar-refractivity contribution in [3.8, 4) is 0 Å². The van der Waals surface area contributed by atoms with E-state index in [2.05, 4.69) is 67.5 Å². The predicted octanol–water partition coefficient (Wildman–Crippen LogP) is 4.76. The van der Waals surface area contributed by atoms with Crippen LogP contribution in [-0.2, 0) is 20.8 Å². The Morgan fingerprint density at radius 2 is 1.59 bits per heavy atom. The second-order valence-electron chi connectivity index (χ2n) is 10.9. The fraction of sp³-hybridized carbons (Fsp3) is 0.469. The molecule has 39 heavy (non-hydrogen) atoms. The van der Waals surface area contributed by atoms with Gasteiger partial charge in [-0.1, -0.05) is 66.7 Å². The molecule has 0 aromatic heterocycles. The molecule has 2 aromatic carbocycles. The molecule has 1 fully saturated rings. The molecule has 4 rings (SSSR count). The number of hydrogen-bond donors (Lipinski definition) is 2. The quantitative estimate of drug-likeness (QED) is 0.484. The topological polar surface area (TPSA) is 104 Å². The fourth-order valence-corrected chi connectivity index (χ4v) is 5.56. The van der Waals surface area contributed by atoms with Crippen molar-refractivity contribution >= 4 is 23.4 Å². The number of primary amides is 1. The molecule has 2 aromatic rings. The van der Waals surface area contributed by atoms with Crippen LogP contribution in [0.1, 0.15) is 62.5 Å². The molecule has 1 aliphatic carbocycles. The molecule has 0 unspecified atom stereocenters. The molecule has 210 valence electrons. The first kappa shape index (κ1) is 30.1. The standard InChI is InChI=1S/C16H24N2O.C16H19NO3/c1-18(2)16(12-13-6-4-3-5-7-13)10-8-14(9-11-16)15(17)19;18-15(7-4-8-16(19)20)17-11-9-14(10-12-17)13-5-2-1-3-6-13/h3-7,14H,8-12H2,1-2H3,(H2,17,19);1-3,5-6,9H,4,7-8,10-12H2,(H,19,20). The highest BCUT2D eigenvalue weighted by molar-refractivity contribution is 5.79. The maximum Gasteiger partial charge on any atom is 0.303 e. The molecule has 0 spiro atoms. The minimum absolute atomic E-state index is 0.0506. The lowest BCUT2D eigenvalue weighted by Crippen LogP contribution is -2.49. The number of carbonyl (C=O) groups is 3. The highest BCUT2D eigenvalue weighted by Crippen LogP contribution is 2.37. The van der Waals surface area contributed by atoms with Crippen molar-refractivity contribution in [2.45, 2.75) is 63.3 Å². The molecule has 2 aliphatic rings. The van der Waals surface area contributed by atoms with Crippen LogP contribution >= 0.6 is 0 Å².